The SMILES string of the molecule is C[C@@H](OC[C@@H]1CCCN(C(=O)OC(C)(C)C)C1)c1cccs1. The Labute approximate surface area is 137 Å². The van der Waals surface area contributed by atoms with Crippen LogP contribution in [0.25, 0.3) is 0 Å². The van der Waals surface area contributed by atoms with Gasteiger partial charge in [0.25, 0.3) is 0 Å². The first-order valence-corrected chi connectivity index (χ1v) is 8.86. The minimum absolute atomic E-state index is 0.122. The van der Waals surface area contributed by atoms with Crippen molar-refractivity contribution in [3.05, 3.63) is 22.4 Å². The van der Waals surface area contributed by atoms with Crippen LogP contribution in [-0.2, 0) is 9.47 Å². The van der Waals surface area contributed by atoms with Crippen LogP contribution in [-0.4, -0.2) is 36.3 Å². The fourth-order valence-electron chi connectivity index (χ4n) is 2.58. The minimum atomic E-state index is -0.436. The molecule has 2 heterocycles. The summed E-state index contributed by atoms with van der Waals surface area (Å²) in [6.45, 7) is 9.99. The van der Waals surface area contributed by atoms with E-state index in [0.717, 1.165) is 25.9 Å². The van der Waals surface area contributed by atoms with Gasteiger partial charge in [-0.3, -0.25) is 0 Å². The van der Waals surface area contributed by atoms with E-state index in [4.69, 9.17) is 9.47 Å². The topological polar surface area (TPSA) is 38.8 Å². The Bertz CT molecular complexity index is 467. The third-order valence-electron chi connectivity index (χ3n) is 3.70. The molecule has 1 saturated heterocycles. The Morgan fingerprint density at radius 1 is 1.50 bits per heavy atom. The van der Waals surface area contributed by atoms with Gasteiger partial charge in [0.2, 0.25) is 0 Å². The number of piperidine rings is 1. The first kappa shape index (κ1) is 17.3. The number of nitrogens with zero attached hydrogens (tertiary/aromatic N) is 1. The molecule has 1 fully saturated rings. The molecule has 0 saturated carbocycles. The Morgan fingerprint density at radius 2 is 2.27 bits per heavy atom. The summed E-state index contributed by atoms with van der Waals surface area (Å²) in [5.41, 5.74) is -0.436. The van der Waals surface area contributed by atoms with Crippen molar-refractivity contribution in [3.8, 4) is 0 Å². The molecule has 1 aromatic rings. The molecule has 1 aromatic heterocycles. The summed E-state index contributed by atoms with van der Waals surface area (Å²) in [5, 5.41) is 2.07. The largest absolute Gasteiger partial charge is 0.444 e. The summed E-state index contributed by atoms with van der Waals surface area (Å²) in [6, 6.07) is 4.15. The van der Waals surface area contributed by atoms with Gasteiger partial charge in [-0.05, 0) is 52.0 Å². The van der Waals surface area contributed by atoms with Gasteiger partial charge in [0.15, 0.2) is 0 Å². The molecule has 124 valence electrons. The molecular formula is C17H27NO3S. The molecule has 1 aliphatic rings. The van der Waals surface area contributed by atoms with Gasteiger partial charge < -0.3 is 14.4 Å². The number of likely N-dealkylation sites (tertiary alicyclic amines) is 1. The summed E-state index contributed by atoms with van der Waals surface area (Å²) >= 11 is 1.72. The molecule has 0 bridgehead atoms. The Morgan fingerprint density at radius 3 is 2.91 bits per heavy atom. The van der Waals surface area contributed by atoms with Crippen LogP contribution in [0.2, 0.25) is 0 Å². The zero-order valence-electron chi connectivity index (χ0n) is 14.0. The van der Waals surface area contributed by atoms with E-state index in [9.17, 15) is 4.79 Å². The van der Waals surface area contributed by atoms with Gasteiger partial charge in [0, 0.05) is 23.9 Å². The lowest BCUT2D eigenvalue weighted by Gasteiger charge is -2.34. The Balaban J connectivity index is 1.79. The van der Waals surface area contributed by atoms with Crippen molar-refractivity contribution in [1.29, 1.82) is 0 Å². The normalized spacial score (nSPS) is 20.7. The van der Waals surface area contributed by atoms with Gasteiger partial charge >= 0.3 is 6.09 Å². The maximum atomic E-state index is 12.1. The second-order valence-electron chi connectivity index (χ2n) is 6.93. The highest BCUT2D eigenvalue weighted by Crippen LogP contribution is 2.25. The summed E-state index contributed by atoms with van der Waals surface area (Å²) < 4.78 is 11.4. The van der Waals surface area contributed by atoms with E-state index in [1.165, 1.54) is 4.88 Å². The van der Waals surface area contributed by atoms with Gasteiger partial charge in [0.05, 0.1) is 12.7 Å². The van der Waals surface area contributed by atoms with Crippen molar-refractivity contribution in [3.63, 3.8) is 0 Å². The van der Waals surface area contributed by atoms with Crippen molar-refractivity contribution < 1.29 is 14.3 Å². The molecule has 0 aliphatic carbocycles. The third kappa shape index (κ3) is 5.29. The van der Waals surface area contributed by atoms with E-state index in [1.54, 1.807) is 11.3 Å². The smallest absolute Gasteiger partial charge is 0.410 e. The maximum absolute atomic E-state index is 12.1. The lowest BCUT2D eigenvalue weighted by molar-refractivity contribution is -0.00316. The van der Waals surface area contributed by atoms with Crippen LogP contribution >= 0.6 is 11.3 Å². The summed E-state index contributed by atoms with van der Waals surface area (Å²) in [7, 11) is 0. The Hall–Kier alpha value is -1.07. The highest BCUT2D eigenvalue weighted by Gasteiger charge is 2.28. The fourth-order valence-corrected chi connectivity index (χ4v) is 3.31. The molecule has 1 aliphatic heterocycles. The standard InChI is InChI=1S/C17H27NO3S/c1-13(15-8-6-10-22-15)20-12-14-7-5-9-18(11-14)16(19)21-17(2,3)4/h6,8,10,13-14H,5,7,9,11-12H2,1-4H3/t13-,14-/m1/s1. The lowest BCUT2D eigenvalue weighted by atomic mass is 9.99. The number of thiophene rings is 1. The fraction of sp³-hybridized carbons (Fsp3) is 0.706. The second-order valence-corrected chi connectivity index (χ2v) is 7.90. The van der Waals surface area contributed by atoms with E-state index in [0.29, 0.717) is 12.5 Å². The predicted molar refractivity (Wildman–Crippen MR) is 89.2 cm³/mol. The monoisotopic (exact) mass is 325 g/mol. The molecule has 22 heavy (non-hydrogen) atoms. The quantitative estimate of drug-likeness (QED) is 0.819. The molecule has 0 aromatic carbocycles. The van der Waals surface area contributed by atoms with Gasteiger partial charge in [-0.1, -0.05) is 6.07 Å². The molecule has 0 spiro atoms. The van der Waals surface area contributed by atoms with Crippen LogP contribution in [0.5, 0.6) is 0 Å². The summed E-state index contributed by atoms with van der Waals surface area (Å²) in [5.74, 6) is 0.392. The first-order chi connectivity index (χ1) is 10.3. The number of carbonyl (C=O) groups is 1. The highest BCUT2D eigenvalue weighted by molar-refractivity contribution is 7.10. The van der Waals surface area contributed by atoms with E-state index in [2.05, 4.69) is 18.4 Å². The summed E-state index contributed by atoms with van der Waals surface area (Å²) in [4.78, 5) is 15.2. The van der Waals surface area contributed by atoms with Crippen LogP contribution < -0.4 is 0 Å². The van der Waals surface area contributed by atoms with Crippen molar-refractivity contribution in [2.24, 2.45) is 5.92 Å². The molecule has 4 nitrogen and oxygen atoms in total. The average Bonchev–Trinajstić information content (AvgIpc) is 2.97. The molecule has 2 atom stereocenters. The van der Waals surface area contributed by atoms with E-state index >= 15 is 0 Å². The molecule has 1 amide bonds. The molecular weight excluding hydrogens is 298 g/mol. The third-order valence-corrected chi connectivity index (χ3v) is 4.73. The number of hydrogen-bond acceptors (Lipinski definition) is 4. The van der Waals surface area contributed by atoms with Crippen molar-refractivity contribution >= 4 is 17.4 Å². The van der Waals surface area contributed by atoms with Gasteiger partial charge in [-0.15, -0.1) is 11.3 Å². The van der Waals surface area contributed by atoms with Crippen molar-refractivity contribution in [2.45, 2.75) is 52.2 Å². The lowest BCUT2D eigenvalue weighted by Crippen LogP contribution is -2.43. The number of ether oxygens (including phenoxy) is 2. The zero-order valence-corrected chi connectivity index (χ0v) is 14.8. The first-order valence-electron chi connectivity index (χ1n) is 7.98. The van der Waals surface area contributed by atoms with Gasteiger partial charge in [-0.2, -0.15) is 0 Å². The summed E-state index contributed by atoms with van der Waals surface area (Å²) in [6.07, 6.45) is 2.04. The maximum Gasteiger partial charge on any atom is 0.410 e. The molecule has 0 N–H and O–H groups in total. The number of rotatable bonds is 4. The minimum Gasteiger partial charge on any atom is -0.444 e. The zero-order chi connectivity index (χ0) is 16.2. The van der Waals surface area contributed by atoms with E-state index in [-0.39, 0.29) is 12.2 Å². The second kappa shape index (κ2) is 7.47. The van der Waals surface area contributed by atoms with Crippen LogP contribution in [0.4, 0.5) is 4.79 Å². The van der Waals surface area contributed by atoms with E-state index in [1.807, 2.05) is 31.7 Å². The van der Waals surface area contributed by atoms with Crippen molar-refractivity contribution in [2.75, 3.05) is 19.7 Å². The number of hydrogen-bond donors (Lipinski definition) is 0. The van der Waals surface area contributed by atoms with Crippen LogP contribution in [0.1, 0.15) is 51.5 Å². The van der Waals surface area contributed by atoms with Crippen molar-refractivity contribution in [1.82, 2.24) is 4.90 Å². The average molecular weight is 325 g/mol. The molecule has 0 radical (unpaired) electrons. The molecule has 5 heteroatoms. The number of carbonyl (C=O) groups excluding carboxylic acids is 1. The van der Waals surface area contributed by atoms with E-state index < -0.39 is 5.60 Å². The molecule has 2 rings (SSSR count). The van der Waals surface area contributed by atoms with Crippen LogP contribution in [0.3, 0.4) is 0 Å². The van der Waals surface area contributed by atoms with Gasteiger partial charge in [-0.25, -0.2) is 4.79 Å². The number of amides is 1. The molecule has 0 unspecified atom stereocenters. The van der Waals surface area contributed by atoms with Gasteiger partial charge in [0.1, 0.15) is 5.60 Å². The Kier molecular flexibility index (Phi) is 5.87. The predicted octanol–water partition coefficient (Wildman–Crippen LogP) is 4.47. The highest BCUT2D eigenvalue weighted by atomic mass is 32.1. The van der Waals surface area contributed by atoms with Crippen LogP contribution in [0, 0.1) is 5.92 Å². The van der Waals surface area contributed by atoms with Crippen LogP contribution in [0.15, 0.2) is 17.5 Å².